The molecule has 1 N–H and O–H groups in total. The van der Waals surface area contributed by atoms with Crippen LogP contribution in [-0.2, 0) is 0 Å². The number of aromatic nitrogens is 2. The highest BCUT2D eigenvalue weighted by Crippen LogP contribution is 2.23. The SMILES string of the molecule is CC[C@H](NC(=O)c1cccc(OC(F)(F)F)c1)c1noc(C)n1. The van der Waals surface area contributed by atoms with Crippen LogP contribution in [0.4, 0.5) is 13.2 Å². The van der Waals surface area contributed by atoms with Gasteiger partial charge in [-0.15, -0.1) is 13.2 Å². The molecule has 0 aliphatic rings. The van der Waals surface area contributed by atoms with Crippen LogP contribution in [-0.4, -0.2) is 22.4 Å². The van der Waals surface area contributed by atoms with Gasteiger partial charge in [-0.05, 0) is 24.6 Å². The lowest BCUT2D eigenvalue weighted by atomic mass is 10.1. The Morgan fingerprint density at radius 2 is 2.17 bits per heavy atom. The summed E-state index contributed by atoms with van der Waals surface area (Å²) in [6.45, 7) is 3.42. The van der Waals surface area contributed by atoms with Crippen molar-refractivity contribution in [2.75, 3.05) is 0 Å². The number of aryl methyl sites for hydroxylation is 1. The van der Waals surface area contributed by atoms with Crippen molar-refractivity contribution >= 4 is 5.91 Å². The highest BCUT2D eigenvalue weighted by atomic mass is 19.4. The van der Waals surface area contributed by atoms with E-state index < -0.39 is 24.1 Å². The van der Waals surface area contributed by atoms with Crippen molar-refractivity contribution in [1.29, 1.82) is 0 Å². The van der Waals surface area contributed by atoms with Gasteiger partial charge < -0.3 is 14.6 Å². The summed E-state index contributed by atoms with van der Waals surface area (Å²) in [5, 5.41) is 6.37. The van der Waals surface area contributed by atoms with Crippen LogP contribution in [0.25, 0.3) is 0 Å². The molecule has 0 unspecified atom stereocenters. The van der Waals surface area contributed by atoms with Gasteiger partial charge in [0.25, 0.3) is 5.91 Å². The van der Waals surface area contributed by atoms with Crippen LogP contribution in [0.5, 0.6) is 5.75 Å². The predicted octanol–water partition coefficient (Wildman–Crippen LogP) is 3.16. The molecule has 0 spiro atoms. The smallest absolute Gasteiger partial charge is 0.406 e. The van der Waals surface area contributed by atoms with E-state index in [4.69, 9.17) is 4.52 Å². The fourth-order valence-electron chi connectivity index (χ4n) is 1.88. The molecule has 1 heterocycles. The normalized spacial score (nSPS) is 12.7. The third-order valence-corrected chi connectivity index (χ3v) is 2.90. The number of amides is 1. The second-order valence-corrected chi connectivity index (χ2v) is 4.68. The minimum absolute atomic E-state index is 0.0328. The molecule has 23 heavy (non-hydrogen) atoms. The summed E-state index contributed by atoms with van der Waals surface area (Å²) >= 11 is 0. The number of hydrogen-bond donors (Lipinski definition) is 1. The Hall–Kier alpha value is -2.58. The molecule has 0 radical (unpaired) electrons. The number of benzene rings is 1. The lowest BCUT2D eigenvalue weighted by Crippen LogP contribution is -2.29. The van der Waals surface area contributed by atoms with Gasteiger partial charge >= 0.3 is 6.36 Å². The van der Waals surface area contributed by atoms with E-state index in [0.717, 1.165) is 12.1 Å². The highest BCUT2D eigenvalue weighted by molar-refractivity contribution is 5.94. The van der Waals surface area contributed by atoms with Crippen LogP contribution in [0.1, 0.15) is 41.5 Å². The molecule has 0 aliphatic carbocycles. The number of ether oxygens (including phenoxy) is 1. The fraction of sp³-hybridized carbons (Fsp3) is 0.357. The Balaban J connectivity index is 2.12. The molecule has 2 aromatic rings. The van der Waals surface area contributed by atoms with Crippen LogP contribution in [0, 0.1) is 6.92 Å². The third-order valence-electron chi connectivity index (χ3n) is 2.90. The van der Waals surface area contributed by atoms with Crippen LogP contribution in [0.2, 0.25) is 0 Å². The predicted molar refractivity (Wildman–Crippen MR) is 72.7 cm³/mol. The zero-order valence-electron chi connectivity index (χ0n) is 12.3. The maximum absolute atomic E-state index is 12.2. The number of alkyl halides is 3. The number of halogens is 3. The molecule has 2 rings (SSSR count). The Morgan fingerprint density at radius 1 is 1.43 bits per heavy atom. The van der Waals surface area contributed by atoms with E-state index in [1.54, 1.807) is 13.8 Å². The summed E-state index contributed by atoms with van der Waals surface area (Å²) in [5.41, 5.74) is 0.0328. The van der Waals surface area contributed by atoms with Gasteiger partial charge in [0.15, 0.2) is 5.82 Å². The van der Waals surface area contributed by atoms with Gasteiger partial charge in [0.2, 0.25) is 5.89 Å². The van der Waals surface area contributed by atoms with E-state index >= 15 is 0 Å². The summed E-state index contributed by atoms with van der Waals surface area (Å²) in [5.74, 6) is -0.366. The number of nitrogens with one attached hydrogen (secondary N) is 1. The monoisotopic (exact) mass is 329 g/mol. The van der Waals surface area contributed by atoms with Gasteiger partial charge in [-0.25, -0.2) is 0 Å². The quantitative estimate of drug-likeness (QED) is 0.912. The topological polar surface area (TPSA) is 77.2 Å². The fourth-order valence-corrected chi connectivity index (χ4v) is 1.88. The molecule has 1 aromatic heterocycles. The van der Waals surface area contributed by atoms with Crippen molar-refractivity contribution in [3.63, 3.8) is 0 Å². The van der Waals surface area contributed by atoms with Crippen LogP contribution in [0.3, 0.4) is 0 Å². The van der Waals surface area contributed by atoms with E-state index in [1.807, 2.05) is 0 Å². The zero-order valence-corrected chi connectivity index (χ0v) is 12.3. The lowest BCUT2D eigenvalue weighted by molar-refractivity contribution is -0.274. The van der Waals surface area contributed by atoms with E-state index in [0.29, 0.717) is 18.1 Å². The van der Waals surface area contributed by atoms with Gasteiger partial charge in [-0.3, -0.25) is 4.79 Å². The summed E-state index contributed by atoms with van der Waals surface area (Å²) in [6, 6.07) is 4.30. The summed E-state index contributed by atoms with van der Waals surface area (Å²) in [6.07, 6.45) is -4.33. The van der Waals surface area contributed by atoms with Gasteiger partial charge in [0.1, 0.15) is 5.75 Å². The molecular weight excluding hydrogens is 315 g/mol. The van der Waals surface area contributed by atoms with Crippen molar-refractivity contribution in [3.8, 4) is 5.75 Å². The van der Waals surface area contributed by atoms with Crippen LogP contribution >= 0.6 is 0 Å². The minimum atomic E-state index is -4.82. The second-order valence-electron chi connectivity index (χ2n) is 4.68. The number of hydrogen-bond acceptors (Lipinski definition) is 5. The minimum Gasteiger partial charge on any atom is -0.406 e. The maximum Gasteiger partial charge on any atom is 0.573 e. The Morgan fingerprint density at radius 3 is 2.74 bits per heavy atom. The van der Waals surface area contributed by atoms with Gasteiger partial charge in [0.05, 0.1) is 6.04 Å². The molecule has 124 valence electrons. The van der Waals surface area contributed by atoms with Crippen LogP contribution < -0.4 is 10.1 Å². The van der Waals surface area contributed by atoms with Gasteiger partial charge in [-0.1, -0.05) is 18.1 Å². The van der Waals surface area contributed by atoms with Crippen molar-refractivity contribution < 1.29 is 27.2 Å². The van der Waals surface area contributed by atoms with E-state index in [2.05, 4.69) is 20.2 Å². The number of carbonyl (C=O) groups excluding carboxylic acids is 1. The van der Waals surface area contributed by atoms with Gasteiger partial charge in [-0.2, -0.15) is 4.98 Å². The maximum atomic E-state index is 12.2. The first-order valence-corrected chi connectivity index (χ1v) is 6.75. The first kappa shape index (κ1) is 16.8. The van der Waals surface area contributed by atoms with E-state index in [9.17, 15) is 18.0 Å². The molecule has 6 nitrogen and oxygen atoms in total. The molecule has 0 saturated carbocycles. The molecule has 1 atom stereocenters. The molecular formula is C14H14F3N3O3. The summed E-state index contributed by atoms with van der Waals surface area (Å²) in [7, 11) is 0. The van der Waals surface area contributed by atoms with E-state index in [-0.39, 0.29) is 5.56 Å². The molecule has 0 saturated heterocycles. The largest absolute Gasteiger partial charge is 0.573 e. The van der Waals surface area contributed by atoms with Crippen molar-refractivity contribution in [2.45, 2.75) is 32.7 Å². The number of nitrogens with zero attached hydrogens (tertiary/aromatic N) is 2. The Kier molecular flexibility index (Phi) is 4.87. The second kappa shape index (κ2) is 6.67. The first-order chi connectivity index (χ1) is 10.8. The molecule has 0 bridgehead atoms. The zero-order chi connectivity index (χ0) is 17.0. The third kappa shape index (κ3) is 4.70. The Labute approximate surface area is 129 Å². The van der Waals surface area contributed by atoms with Crippen LogP contribution in [0.15, 0.2) is 28.8 Å². The highest BCUT2D eigenvalue weighted by Gasteiger charge is 2.31. The molecule has 1 amide bonds. The van der Waals surface area contributed by atoms with Crippen molar-refractivity contribution in [3.05, 3.63) is 41.5 Å². The van der Waals surface area contributed by atoms with Gasteiger partial charge in [0, 0.05) is 12.5 Å². The average molecular weight is 329 g/mol. The lowest BCUT2D eigenvalue weighted by Gasteiger charge is -2.14. The summed E-state index contributed by atoms with van der Waals surface area (Å²) < 4.78 is 45.3. The first-order valence-electron chi connectivity index (χ1n) is 6.75. The molecule has 0 fully saturated rings. The number of rotatable bonds is 5. The van der Waals surface area contributed by atoms with E-state index in [1.165, 1.54) is 12.1 Å². The molecule has 9 heteroatoms. The summed E-state index contributed by atoms with van der Waals surface area (Å²) in [4.78, 5) is 16.2. The molecule has 1 aromatic carbocycles. The molecule has 0 aliphatic heterocycles. The standard InChI is InChI=1S/C14H14F3N3O3/c1-3-11(12-18-8(2)23-20-12)19-13(21)9-5-4-6-10(7-9)22-14(15,16)17/h4-7,11H,3H2,1-2H3,(H,19,21)/t11-/m0/s1. The van der Waals surface area contributed by atoms with Crippen molar-refractivity contribution in [1.82, 2.24) is 15.5 Å². The Bertz CT molecular complexity index is 685. The van der Waals surface area contributed by atoms with Crippen molar-refractivity contribution in [2.24, 2.45) is 0 Å². The average Bonchev–Trinajstić information content (AvgIpc) is 2.89. The number of carbonyl (C=O) groups is 1.